The smallest absolute Gasteiger partial charge is 0.328 e. The summed E-state index contributed by atoms with van der Waals surface area (Å²) in [4.78, 5) is 9.71. The molecule has 0 heterocycles. The van der Waals surface area contributed by atoms with Gasteiger partial charge in [0, 0.05) is 6.08 Å². The van der Waals surface area contributed by atoms with Crippen LogP contribution in [0, 0.1) is 0 Å². The van der Waals surface area contributed by atoms with Crippen LogP contribution in [0.15, 0.2) is 12.2 Å². The number of carboxylic acid groups (broad SMARTS) is 1. The molecule has 5 heteroatoms. The summed E-state index contributed by atoms with van der Waals surface area (Å²) in [5.74, 6) is -1.24. The zero-order valence-electron chi connectivity index (χ0n) is 4.48. The Morgan fingerprint density at radius 2 is 2.22 bits per heavy atom. The third kappa shape index (κ3) is 7.32. The van der Waals surface area contributed by atoms with Gasteiger partial charge in [0.2, 0.25) is 0 Å². The van der Waals surface area contributed by atoms with Crippen molar-refractivity contribution < 1.29 is 18.7 Å². The van der Waals surface area contributed by atoms with Crippen molar-refractivity contribution in [3.05, 3.63) is 12.2 Å². The zero-order chi connectivity index (χ0) is 7.28. The van der Waals surface area contributed by atoms with Crippen LogP contribution < -0.4 is 0 Å². The molecule has 0 aromatic heterocycles. The highest BCUT2D eigenvalue weighted by Crippen LogP contribution is 1.76. The van der Waals surface area contributed by atoms with E-state index in [2.05, 4.69) is 0 Å². The normalized spacial score (nSPS) is 13.9. The van der Waals surface area contributed by atoms with Crippen LogP contribution in [0.5, 0.6) is 0 Å². The fraction of sp³-hybridized carbons (Fsp3) is 0.250. The first-order valence-electron chi connectivity index (χ1n) is 2.10. The second kappa shape index (κ2) is 4.22. The molecule has 0 aliphatic carbocycles. The highest BCUT2D eigenvalue weighted by atomic mass is 32.2. The van der Waals surface area contributed by atoms with Crippen molar-refractivity contribution in [3.8, 4) is 0 Å². The molecule has 0 saturated carbocycles. The van der Waals surface area contributed by atoms with Crippen LogP contribution in [0.4, 0.5) is 0 Å². The Morgan fingerprint density at radius 1 is 1.67 bits per heavy atom. The van der Waals surface area contributed by atoms with Gasteiger partial charge in [-0.05, 0) is 0 Å². The summed E-state index contributed by atoms with van der Waals surface area (Å²) in [6.07, 6.45) is 1.95. The van der Waals surface area contributed by atoms with Gasteiger partial charge < -0.3 is 9.66 Å². The van der Waals surface area contributed by atoms with Crippen molar-refractivity contribution >= 4 is 17.0 Å². The standard InChI is InChI=1S/C4H6O4S/c5-4(6)2-1-3-9(7)8/h1-2H,3H2,(H,5,6)(H,7,8). The van der Waals surface area contributed by atoms with Gasteiger partial charge in [-0.2, -0.15) is 0 Å². The van der Waals surface area contributed by atoms with E-state index in [1.165, 1.54) is 0 Å². The molecule has 52 valence electrons. The number of carbonyl (C=O) groups is 1. The van der Waals surface area contributed by atoms with E-state index in [0.717, 1.165) is 12.2 Å². The maximum absolute atomic E-state index is 9.85. The molecule has 0 rings (SSSR count). The number of rotatable bonds is 3. The second-order valence-electron chi connectivity index (χ2n) is 1.23. The lowest BCUT2D eigenvalue weighted by Crippen LogP contribution is -1.92. The van der Waals surface area contributed by atoms with Crippen molar-refractivity contribution in [2.75, 3.05) is 5.75 Å². The molecule has 1 atom stereocenters. The van der Waals surface area contributed by atoms with Crippen LogP contribution in [0.1, 0.15) is 0 Å². The van der Waals surface area contributed by atoms with Crippen LogP contribution >= 0.6 is 0 Å². The van der Waals surface area contributed by atoms with Crippen molar-refractivity contribution in [1.82, 2.24) is 0 Å². The summed E-state index contributed by atoms with van der Waals surface area (Å²) in [5.41, 5.74) is 0. The Bertz CT molecular complexity index is 151. The summed E-state index contributed by atoms with van der Waals surface area (Å²) >= 11 is -1.93. The van der Waals surface area contributed by atoms with Crippen molar-refractivity contribution in [2.45, 2.75) is 0 Å². The molecule has 0 aromatic carbocycles. The fourth-order valence-corrected chi connectivity index (χ4v) is 0.492. The lowest BCUT2D eigenvalue weighted by atomic mass is 10.5. The van der Waals surface area contributed by atoms with E-state index < -0.39 is 17.0 Å². The van der Waals surface area contributed by atoms with E-state index in [9.17, 15) is 9.00 Å². The van der Waals surface area contributed by atoms with Crippen LogP contribution in [0.2, 0.25) is 0 Å². The van der Waals surface area contributed by atoms with Crippen LogP contribution in [0.3, 0.4) is 0 Å². The van der Waals surface area contributed by atoms with E-state index in [4.69, 9.17) is 9.66 Å². The molecule has 1 unspecified atom stereocenters. The van der Waals surface area contributed by atoms with Gasteiger partial charge in [0.1, 0.15) is 0 Å². The zero-order valence-corrected chi connectivity index (χ0v) is 5.30. The predicted molar refractivity (Wildman–Crippen MR) is 32.4 cm³/mol. The molecule has 0 bridgehead atoms. The summed E-state index contributed by atoms with van der Waals surface area (Å²) in [6, 6.07) is 0. The molecule has 0 aliphatic heterocycles. The first-order valence-corrected chi connectivity index (χ1v) is 3.37. The number of hydrogen-bond donors (Lipinski definition) is 2. The minimum atomic E-state index is -1.93. The first kappa shape index (κ1) is 8.32. The van der Waals surface area contributed by atoms with E-state index in [1.54, 1.807) is 0 Å². The molecule has 9 heavy (non-hydrogen) atoms. The second-order valence-corrected chi connectivity index (χ2v) is 2.21. The number of aliphatic carboxylic acids is 1. The third-order valence-electron chi connectivity index (χ3n) is 0.499. The predicted octanol–water partition coefficient (Wildman–Crippen LogP) is -0.151. The van der Waals surface area contributed by atoms with Crippen molar-refractivity contribution in [2.24, 2.45) is 0 Å². The summed E-state index contributed by atoms with van der Waals surface area (Å²) in [7, 11) is 0. The number of hydrogen-bond acceptors (Lipinski definition) is 2. The largest absolute Gasteiger partial charge is 0.478 e. The van der Waals surface area contributed by atoms with Gasteiger partial charge in [0.15, 0.2) is 11.1 Å². The Hall–Kier alpha value is -0.680. The maximum Gasteiger partial charge on any atom is 0.328 e. The van der Waals surface area contributed by atoms with Crippen molar-refractivity contribution in [3.63, 3.8) is 0 Å². The lowest BCUT2D eigenvalue weighted by Gasteiger charge is -1.80. The third-order valence-corrected chi connectivity index (χ3v) is 0.977. The van der Waals surface area contributed by atoms with E-state index >= 15 is 0 Å². The van der Waals surface area contributed by atoms with Crippen LogP contribution in [0.25, 0.3) is 0 Å². The van der Waals surface area contributed by atoms with Gasteiger partial charge in [-0.15, -0.1) is 0 Å². The Morgan fingerprint density at radius 3 is 2.56 bits per heavy atom. The molecule has 0 fully saturated rings. The SMILES string of the molecule is O=C(O)C=CCS(=O)O. The quantitative estimate of drug-likeness (QED) is 0.433. The molecular formula is C4H6O4S. The van der Waals surface area contributed by atoms with E-state index in [0.29, 0.717) is 0 Å². The van der Waals surface area contributed by atoms with Gasteiger partial charge in [-0.3, -0.25) is 0 Å². The summed E-state index contributed by atoms with van der Waals surface area (Å²) < 4.78 is 17.9. The lowest BCUT2D eigenvalue weighted by molar-refractivity contribution is -0.131. The van der Waals surface area contributed by atoms with E-state index in [1.807, 2.05) is 0 Å². The Balaban J connectivity index is 3.48. The highest BCUT2D eigenvalue weighted by molar-refractivity contribution is 7.79. The molecule has 0 aliphatic rings. The van der Waals surface area contributed by atoms with Gasteiger partial charge in [0.25, 0.3) is 0 Å². The van der Waals surface area contributed by atoms with Gasteiger partial charge >= 0.3 is 5.97 Å². The minimum absolute atomic E-state index is 0.133. The first-order chi connectivity index (χ1) is 4.13. The van der Waals surface area contributed by atoms with Gasteiger partial charge in [-0.25, -0.2) is 9.00 Å². The monoisotopic (exact) mass is 150 g/mol. The highest BCUT2D eigenvalue weighted by Gasteiger charge is 1.87. The molecule has 0 spiro atoms. The summed E-state index contributed by atoms with van der Waals surface area (Å²) in [6.45, 7) is 0. The molecule has 4 nitrogen and oxygen atoms in total. The van der Waals surface area contributed by atoms with E-state index in [-0.39, 0.29) is 5.75 Å². The molecule has 0 saturated heterocycles. The van der Waals surface area contributed by atoms with Crippen molar-refractivity contribution in [1.29, 1.82) is 0 Å². The molecular weight excluding hydrogens is 144 g/mol. The number of carboxylic acids is 1. The fourth-order valence-electron chi connectivity index (χ4n) is 0.231. The van der Waals surface area contributed by atoms with Crippen LogP contribution in [-0.4, -0.2) is 25.6 Å². The summed E-state index contributed by atoms with van der Waals surface area (Å²) in [5, 5.41) is 7.96. The molecule has 2 N–H and O–H groups in total. The Labute approximate surface area is 54.5 Å². The van der Waals surface area contributed by atoms with Gasteiger partial charge in [-0.1, -0.05) is 6.08 Å². The van der Waals surface area contributed by atoms with Gasteiger partial charge in [0.05, 0.1) is 5.75 Å². The van der Waals surface area contributed by atoms with Crippen LogP contribution in [-0.2, 0) is 15.9 Å². The molecule has 0 radical (unpaired) electrons. The molecule has 0 amide bonds. The maximum atomic E-state index is 9.85. The average Bonchev–Trinajstić information content (AvgIpc) is 1.63. The minimum Gasteiger partial charge on any atom is -0.478 e. The Kier molecular flexibility index (Phi) is 3.90. The average molecular weight is 150 g/mol. The molecule has 0 aromatic rings. The topological polar surface area (TPSA) is 74.6 Å².